The normalized spacial score (nSPS) is 11.9. The van der Waals surface area contributed by atoms with E-state index in [9.17, 15) is 0 Å². The number of anilines is 3. The molecule has 0 N–H and O–H groups in total. The van der Waals surface area contributed by atoms with Crippen LogP contribution in [-0.4, -0.2) is 4.57 Å². The number of nitrogens with zero attached hydrogens (tertiary/aromatic N) is 2. The molecule has 2 heteroatoms. The molecule has 226 valence electrons. The molecule has 1 aromatic heterocycles. The minimum absolute atomic E-state index is 0.933. The lowest BCUT2D eigenvalue weighted by Crippen LogP contribution is -2.11. The van der Waals surface area contributed by atoms with Crippen molar-refractivity contribution in [2.45, 2.75) is 13.5 Å². The van der Waals surface area contributed by atoms with Gasteiger partial charge in [-0.1, -0.05) is 121 Å². The molecule has 0 amide bonds. The highest BCUT2D eigenvalue weighted by atomic mass is 15.1. The summed E-state index contributed by atoms with van der Waals surface area (Å²) in [6, 6.07) is 60.4. The van der Waals surface area contributed by atoms with Crippen molar-refractivity contribution in [2.75, 3.05) is 4.90 Å². The van der Waals surface area contributed by atoms with Gasteiger partial charge >= 0.3 is 0 Å². The van der Waals surface area contributed by atoms with Crippen molar-refractivity contribution in [2.24, 2.45) is 0 Å². The van der Waals surface area contributed by atoms with Crippen LogP contribution < -0.4 is 4.90 Å². The van der Waals surface area contributed by atoms with E-state index < -0.39 is 0 Å². The molecule has 0 saturated carbocycles. The van der Waals surface area contributed by atoms with E-state index in [4.69, 9.17) is 0 Å². The Morgan fingerprint density at radius 3 is 1.52 bits per heavy atom. The molecule has 0 saturated heterocycles. The van der Waals surface area contributed by atoms with Crippen LogP contribution in [0.25, 0.3) is 75.7 Å². The molecule has 0 aliphatic carbocycles. The van der Waals surface area contributed by atoms with Gasteiger partial charge in [0, 0.05) is 44.8 Å². The average Bonchev–Trinajstić information content (AvgIpc) is 3.47. The van der Waals surface area contributed by atoms with Gasteiger partial charge in [-0.05, 0) is 92.5 Å². The maximum atomic E-state index is 2.46. The molecule has 1 heterocycles. The molecule has 0 radical (unpaired) electrons. The predicted molar refractivity (Wildman–Crippen MR) is 207 cm³/mol. The second-order valence-corrected chi connectivity index (χ2v) is 12.8. The van der Waals surface area contributed by atoms with Crippen molar-refractivity contribution in [3.63, 3.8) is 0 Å². The molecule has 0 aliphatic rings. The van der Waals surface area contributed by atoms with E-state index in [0.717, 1.165) is 12.2 Å². The van der Waals surface area contributed by atoms with Gasteiger partial charge in [0.25, 0.3) is 0 Å². The highest BCUT2D eigenvalue weighted by Crippen LogP contribution is 2.45. The second kappa shape index (κ2) is 10.4. The van der Waals surface area contributed by atoms with Gasteiger partial charge in [0.05, 0.1) is 11.4 Å². The maximum absolute atomic E-state index is 2.46. The lowest BCUT2D eigenvalue weighted by atomic mass is 9.92. The summed E-state index contributed by atoms with van der Waals surface area (Å²) in [6.45, 7) is 3.18. The summed E-state index contributed by atoms with van der Waals surface area (Å²) in [7, 11) is 0. The number of aryl methyl sites for hydroxylation is 1. The fourth-order valence-corrected chi connectivity index (χ4v) is 8.18. The summed E-state index contributed by atoms with van der Waals surface area (Å²) in [5.41, 5.74) is 6.07. The zero-order valence-corrected chi connectivity index (χ0v) is 26.7. The molecule has 48 heavy (non-hydrogen) atoms. The number of hydrogen-bond donors (Lipinski definition) is 0. The quantitative estimate of drug-likeness (QED) is 0.180. The van der Waals surface area contributed by atoms with Crippen LogP contribution in [0.2, 0.25) is 0 Å². The SMILES string of the molecule is CCn1c2ccccc2c2cc3c4ccc(N(c5cccc6ccccc56)c5cccc6ccccc56)cc4c4ccccc4c3cc21. The van der Waals surface area contributed by atoms with Crippen LogP contribution >= 0.6 is 0 Å². The Bertz CT molecular complexity index is 2800. The third-order valence-electron chi connectivity index (χ3n) is 10.3. The van der Waals surface area contributed by atoms with E-state index in [2.05, 4.69) is 180 Å². The minimum atomic E-state index is 0.933. The summed E-state index contributed by atoms with van der Waals surface area (Å²) >= 11 is 0. The first-order valence-corrected chi connectivity index (χ1v) is 16.8. The van der Waals surface area contributed by atoms with Crippen LogP contribution in [0.3, 0.4) is 0 Å². The molecule has 0 bridgehead atoms. The van der Waals surface area contributed by atoms with Crippen molar-refractivity contribution in [3.05, 3.63) is 164 Å². The van der Waals surface area contributed by atoms with Crippen molar-refractivity contribution < 1.29 is 0 Å². The van der Waals surface area contributed by atoms with Crippen molar-refractivity contribution in [1.82, 2.24) is 4.57 Å². The Labute approximate surface area is 278 Å². The Hall–Kier alpha value is -6.12. The summed E-state index contributed by atoms with van der Waals surface area (Å²) in [5.74, 6) is 0. The fraction of sp³-hybridized carbons (Fsp3) is 0.0435. The fourth-order valence-electron chi connectivity index (χ4n) is 8.18. The van der Waals surface area contributed by atoms with Crippen molar-refractivity contribution in [3.8, 4) is 0 Å². The van der Waals surface area contributed by atoms with Gasteiger partial charge in [0.15, 0.2) is 0 Å². The molecule has 9 aromatic carbocycles. The summed E-state index contributed by atoms with van der Waals surface area (Å²) in [6.07, 6.45) is 0. The molecule has 10 aromatic rings. The third kappa shape index (κ3) is 3.87. The minimum Gasteiger partial charge on any atom is -0.341 e. The van der Waals surface area contributed by atoms with E-state index in [-0.39, 0.29) is 0 Å². The summed E-state index contributed by atoms with van der Waals surface area (Å²) in [4.78, 5) is 2.46. The first-order valence-electron chi connectivity index (χ1n) is 16.8. The first kappa shape index (κ1) is 27.0. The zero-order chi connectivity index (χ0) is 31.8. The van der Waals surface area contributed by atoms with Crippen LogP contribution in [-0.2, 0) is 6.54 Å². The maximum Gasteiger partial charge on any atom is 0.0540 e. The van der Waals surface area contributed by atoms with Gasteiger partial charge in [-0.15, -0.1) is 0 Å². The molecular weight excluding hydrogens is 581 g/mol. The van der Waals surface area contributed by atoms with Gasteiger partial charge in [-0.3, -0.25) is 0 Å². The van der Waals surface area contributed by atoms with E-state index in [0.29, 0.717) is 0 Å². The Kier molecular flexibility index (Phi) is 5.89. The highest BCUT2D eigenvalue weighted by molar-refractivity contribution is 6.29. The van der Waals surface area contributed by atoms with Gasteiger partial charge in [0.2, 0.25) is 0 Å². The highest BCUT2D eigenvalue weighted by Gasteiger charge is 2.20. The number of benzene rings is 9. The number of rotatable bonds is 4. The number of aromatic nitrogens is 1. The van der Waals surface area contributed by atoms with Gasteiger partial charge in [-0.25, -0.2) is 0 Å². The Morgan fingerprint density at radius 1 is 0.375 bits per heavy atom. The van der Waals surface area contributed by atoms with Crippen LogP contribution in [0.5, 0.6) is 0 Å². The molecular formula is C46H32N2. The molecule has 10 rings (SSSR count). The molecule has 0 fully saturated rings. The Balaban J connectivity index is 1.32. The molecule has 0 atom stereocenters. The first-order chi connectivity index (χ1) is 23.8. The number of hydrogen-bond acceptors (Lipinski definition) is 1. The average molecular weight is 613 g/mol. The number of para-hydroxylation sites is 1. The van der Waals surface area contributed by atoms with E-state index in [1.807, 2.05) is 0 Å². The van der Waals surface area contributed by atoms with E-state index in [1.54, 1.807) is 0 Å². The van der Waals surface area contributed by atoms with E-state index >= 15 is 0 Å². The Morgan fingerprint density at radius 2 is 0.875 bits per heavy atom. The zero-order valence-electron chi connectivity index (χ0n) is 26.7. The largest absolute Gasteiger partial charge is 0.341 e. The van der Waals surface area contributed by atoms with Crippen LogP contribution in [0.1, 0.15) is 6.92 Å². The van der Waals surface area contributed by atoms with Gasteiger partial charge in [-0.2, -0.15) is 0 Å². The standard InChI is InChI=1S/C46H32N2/c1-2-47-43-22-10-9-21-38(43)42-28-40-37-26-25-32(27-39(37)35-19-7-8-20-36(35)41(40)29-46(42)47)48(44-23-11-15-30-13-3-5-17-33(30)44)45-24-12-16-31-14-4-6-18-34(31)45/h3-29H,2H2,1H3. The van der Waals surface area contributed by atoms with Crippen LogP contribution in [0.15, 0.2) is 164 Å². The predicted octanol–water partition coefficient (Wildman–Crippen LogP) is 13.1. The van der Waals surface area contributed by atoms with Crippen LogP contribution in [0.4, 0.5) is 17.1 Å². The van der Waals surface area contributed by atoms with Gasteiger partial charge in [0.1, 0.15) is 0 Å². The summed E-state index contributed by atoms with van der Waals surface area (Å²) < 4.78 is 2.46. The smallest absolute Gasteiger partial charge is 0.0540 e. The van der Waals surface area contributed by atoms with Crippen molar-refractivity contribution >= 4 is 92.7 Å². The van der Waals surface area contributed by atoms with E-state index in [1.165, 1.54) is 87.0 Å². The molecule has 2 nitrogen and oxygen atoms in total. The number of fused-ring (bicyclic) bond motifs is 11. The summed E-state index contributed by atoms with van der Waals surface area (Å²) in [5, 5.41) is 15.2. The molecule has 0 aliphatic heterocycles. The lowest BCUT2D eigenvalue weighted by molar-refractivity contribution is 0.827. The lowest BCUT2D eigenvalue weighted by Gasteiger charge is -2.28. The monoisotopic (exact) mass is 612 g/mol. The van der Waals surface area contributed by atoms with Gasteiger partial charge < -0.3 is 9.47 Å². The molecule has 0 spiro atoms. The van der Waals surface area contributed by atoms with Crippen LogP contribution in [0, 0.1) is 0 Å². The second-order valence-electron chi connectivity index (χ2n) is 12.8. The third-order valence-corrected chi connectivity index (χ3v) is 10.3. The molecule has 0 unspecified atom stereocenters. The topological polar surface area (TPSA) is 8.17 Å². The van der Waals surface area contributed by atoms with Crippen molar-refractivity contribution in [1.29, 1.82) is 0 Å².